The first-order valence-electron chi connectivity index (χ1n) is 8.15. The first-order chi connectivity index (χ1) is 12.7. The lowest BCUT2D eigenvalue weighted by atomic mass is 10.1. The van der Waals surface area contributed by atoms with Crippen LogP contribution >= 0.6 is 23.1 Å². The van der Waals surface area contributed by atoms with E-state index in [2.05, 4.69) is 11.4 Å². The summed E-state index contributed by atoms with van der Waals surface area (Å²) in [6, 6.07) is 23.5. The fourth-order valence-corrected chi connectivity index (χ4v) is 4.12. The molecule has 1 aromatic heterocycles. The van der Waals surface area contributed by atoms with E-state index >= 15 is 0 Å². The van der Waals surface area contributed by atoms with Crippen molar-refractivity contribution in [3.05, 3.63) is 78.4 Å². The number of amides is 1. The number of thiazole rings is 1. The molecule has 0 saturated carbocycles. The maximum absolute atomic E-state index is 12.6. The number of hydrogen-bond donors (Lipinski definition) is 1. The maximum atomic E-state index is 12.6. The molecule has 0 fully saturated rings. The number of para-hydroxylation sites is 2. The third-order valence-electron chi connectivity index (χ3n) is 4.05. The number of nitrogens with zero attached hydrogens (tertiary/aromatic N) is 1. The van der Waals surface area contributed by atoms with Crippen LogP contribution in [0.2, 0.25) is 0 Å². The largest absolute Gasteiger partial charge is 0.321 e. The van der Waals surface area contributed by atoms with Gasteiger partial charge in [-0.3, -0.25) is 4.79 Å². The summed E-state index contributed by atoms with van der Waals surface area (Å²) < 4.78 is 1.14. The van der Waals surface area contributed by atoms with E-state index in [4.69, 9.17) is 4.98 Å². The highest BCUT2D eigenvalue weighted by Gasteiger charge is 2.13. The predicted molar refractivity (Wildman–Crippen MR) is 111 cm³/mol. The van der Waals surface area contributed by atoms with Gasteiger partial charge in [-0.05, 0) is 54.8 Å². The molecule has 4 aromatic rings. The van der Waals surface area contributed by atoms with Gasteiger partial charge in [0, 0.05) is 16.0 Å². The van der Waals surface area contributed by atoms with Gasteiger partial charge in [-0.25, -0.2) is 4.98 Å². The van der Waals surface area contributed by atoms with Crippen LogP contribution in [0.5, 0.6) is 0 Å². The highest BCUT2D eigenvalue weighted by Crippen LogP contribution is 2.34. The number of benzene rings is 3. The van der Waals surface area contributed by atoms with Crippen LogP contribution in [0.3, 0.4) is 0 Å². The Morgan fingerprint density at radius 2 is 1.69 bits per heavy atom. The maximum Gasteiger partial charge on any atom is 0.255 e. The van der Waals surface area contributed by atoms with E-state index in [1.54, 1.807) is 23.1 Å². The number of fused-ring (bicyclic) bond motifs is 1. The Labute approximate surface area is 160 Å². The average Bonchev–Trinajstić information content (AvgIpc) is 3.12. The van der Waals surface area contributed by atoms with Crippen LogP contribution in [0.15, 0.2) is 77.7 Å². The smallest absolute Gasteiger partial charge is 0.255 e. The van der Waals surface area contributed by atoms with Crippen molar-refractivity contribution in [3.63, 3.8) is 0 Å². The van der Waals surface area contributed by atoms with Crippen molar-refractivity contribution in [1.82, 2.24) is 4.98 Å². The zero-order chi connectivity index (χ0) is 17.9. The van der Waals surface area contributed by atoms with Crippen molar-refractivity contribution < 1.29 is 4.79 Å². The second-order valence-corrected chi connectivity index (χ2v) is 7.63. The fraction of sp³-hybridized carbons (Fsp3) is 0.0476. The summed E-state index contributed by atoms with van der Waals surface area (Å²) in [5, 5.41) is 3.93. The molecule has 1 amide bonds. The van der Waals surface area contributed by atoms with Gasteiger partial charge in [0.25, 0.3) is 5.91 Å². The molecule has 0 bridgehead atoms. The Kier molecular flexibility index (Phi) is 4.73. The van der Waals surface area contributed by atoms with E-state index in [1.165, 1.54) is 0 Å². The number of anilines is 1. The van der Waals surface area contributed by atoms with Gasteiger partial charge in [-0.1, -0.05) is 24.3 Å². The lowest BCUT2D eigenvalue weighted by Gasteiger charge is -2.09. The molecule has 0 aliphatic rings. The summed E-state index contributed by atoms with van der Waals surface area (Å²) in [5.74, 6) is -0.119. The van der Waals surface area contributed by atoms with Gasteiger partial charge >= 0.3 is 0 Å². The van der Waals surface area contributed by atoms with Gasteiger partial charge in [0.05, 0.1) is 15.9 Å². The van der Waals surface area contributed by atoms with Crippen molar-refractivity contribution in [3.8, 4) is 10.6 Å². The van der Waals surface area contributed by atoms with Gasteiger partial charge in [-0.15, -0.1) is 23.1 Å². The van der Waals surface area contributed by atoms with E-state index in [9.17, 15) is 4.79 Å². The Balaban J connectivity index is 1.66. The lowest BCUT2D eigenvalue weighted by molar-refractivity contribution is 0.102. The molecule has 0 saturated heterocycles. The minimum Gasteiger partial charge on any atom is -0.321 e. The average molecular weight is 377 g/mol. The molecule has 0 spiro atoms. The molecule has 0 aliphatic carbocycles. The van der Waals surface area contributed by atoms with E-state index in [0.29, 0.717) is 5.56 Å². The third kappa shape index (κ3) is 3.36. The second-order valence-electron chi connectivity index (χ2n) is 5.71. The molecular formula is C21H16N2OS2. The molecule has 0 atom stereocenters. The van der Waals surface area contributed by atoms with E-state index in [1.807, 2.05) is 73.0 Å². The number of aromatic nitrogens is 1. The van der Waals surface area contributed by atoms with Gasteiger partial charge in [0.15, 0.2) is 0 Å². The molecule has 3 nitrogen and oxygen atoms in total. The molecule has 0 radical (unpaired) electrons. The number of carbonyl (C=O) groups is 1. The molecule has 128 valence electrons. The fourth-order valence-electron chi connectivity index (χ4n) is 2.70. The summed E-state index contributed by atoms with van der Waals surface area (Å²) in [6.07, 6.45) is 2.02. The van der Waals surface area contributed by atoms with Crippen LogP contribution in [0, 0.1) is 0 Å². The first kappa shape index (κ1) is 16.8. The summed E-state index contributed by atoms with van der Waals surface area (Å²) in [5.41, 5.74) is 3.32. The number of thioether (sulfide) groups is 1. The van der Waals surface area contributed by atoms with E-state index < -0.39 is 0 Å². The zero-order valence-electron chi connectivity index (χ0n) is 14.1. The Morgan fingerprint density at radius 1 is 0.962 bits per heavy atom. The Morgan fingerprint density at radius 3 is 2.46 bits per heavy atom. The summed E-state index contributed by atoms with van der Waals surface area (Å²) in [7, 11) is 0. The molecule has 4 rings (SSSR count). The second kappa shape index (κ2) is 7.32. The molecule has 0 unspecified atom stereocenters. The summed E-state index contributed by atoms with van der Waals surface area (Å²) in [6.45, 7) is 0. The van der Waals surface area contributed by atoms with Gasteiger partial charge < -0.3 is 5.32 Å². The van der Waals surface area contributed by atoms with E-state index in [0.717, 1.165) is 31.4 Å². The predicted octanol–water partition coefficient (Wildman–Crippen LogP) is 5.94. The highest BCUT2D eigenvalue weighted by molar-refractivity contribution is 7.98. The van der Waals surface area contributed by atoms with Crippen LogP contribution in [-0.2, 0) is 0 Å². The van der Waals surface area contributed by atoms with Crippen LogP contribution in [0.1, 0.15) is 10.4 Å². The summed E-state index contributed by atoms with van der Waals surface area (Å²) >= 11 is 3.28. The van der Waals surface area contributed by atoms with Gasteiger partial charge in [0.2, 0.25) is 0 Å². The molecule has 1 heterocycles. The molecular weight excluding hydrogens is 360 g/mol. The standard InChI is InChI=1S/C21H16N2OS2/c1-25-15-12-10-14(11-13-15)20(24)22-17-7-3-2-6-16(17)21-23-18-8-4-5-9-19(18)26-21/h2-13H,1H3,(H,22,24). The molecule has 3 aromatic carbocycles. The SMILES string of the molecule is CSc1ccc(C(=O)Nc2ccccc2-c2nc3ccccc3s2)cc1. The quantitative estimate of drug-likeness (QED) is 0.448. The first-order valence-corrected chi connectivity index (χ1v) is 10.2. The third-order valence-corrected chi connectivity index (χ3v) is 5.87. The van der Waals surface area contributed by atoms with Crippen LogP contribution < -0.4 is 5.32 Å². The van der Waals surface area contributed by atoms with Crippen molar-refractivity contribution in [2.75, 3.05) is 11.6 Å². The number of carbonyl (C=O) groups excluding carboxylic acids is 1. The minimum atomic E-state index is -0.119. The van der Waals surface area contributed by atoms with Crippen molar-refractivity contribution >= 4 is 44.9 Å². The van der Waals surface area contributed by atoms with Crippen LogP contribution in [0.25, 0.3) is 20.8 Å². The zero-order valence-corrected chi connectivity index (χ0v) is 15.7. The minimum absolute atomic E-state index is 0.119. The normalized spacial score (nSPS) is 10.8. The Bertz CT molecular complexity index is 1040. The highest BCUT2D eigenvalue weighted by atomic mass is 32.2. The van der Waals surface area contributed by atoms with Crippen LogP contribution in [-0.4, -0.2) is 17.1 Å². The number of hydrogen-bond acceptors (Lipinski definition) is 4. The molecule has 26 heavy (non-hydrogen) atoms. The van der Waals surface area contributed by atoms with Crippen molar-refractivity contribution in [2.24, 2.45) is 0 Å². The lowest BCUT2D eigenvalue weighted by Crippen LogP contribution is -2.12. The molecule has 1 N–H and O–H groups in total. The Hall–Kier alpha value is -2.63. The van der Waals surface area contributed by atoms with Crippen molar-refractivity contribution in [2.45, 2.75) is 4.90 Å². The monoisotopic (exact) mass is 376 g/mol. The van der Waals surface area contributed by atoms with Crippen molar-refractivity contribution in [1.29, 1.82) is 0 Å². The van der Waals surface area contributed by atoms with Gasteiger partial charge in [0.1, 0.15) is 5.01 Å². The van der Waals surface area contributed by atoms with Crippen LogP contribution in [0.4, 0.5) is 5.69 Å². The summed E-state index contributed by atoms with van der Waals surface area (Å²) in [4.78, 5) is 18.5. The molecule has 0 aliphatic heterocycles. The number of rotatable bonds is 4. The number of nitrogens with one attached hydrogen (secondary N) is 1. The topological polar surface area (TPSA) is 42.0 Å². The van der Waals surface area contributed by atoms with Gasteiger partial charge in [-0.2, -0.15) is 0 Å². The molecule has 5 heteroatoms. The van der Waals surface area contributed by atoms with E-state index in [-0.39, 0.29) is 5.91 Å².